The van der Waals surface area contributed by atoms with Gasteiger partial charge in [0.05, 0.1) is 6.04 Å². The Morgan fingerprint density at radius 3 is 2.75 bits per heavy atom. The molecular weight excluding hydrogens is 306 g/mol. The van der Waals surface area contributed by atoms with Gasteiger partial charge in [-0.25, -0.2) is 0 Å². The minimum atomic E-state index is 0.371. The van der Waals surface area contributed by atoms with Crippen LogP contribution in [0.4, 0.5) is 11.6 Å². The normalized spacial score (nSPS) is 15.5. The number of nitrogens with one attached hydrogen (secondary N) is 1. The summed E-state index contributed by atoms with van der Waals surface area (Å²) in [5.74, 6) is 0.855. The largest absolute Gasteiger partial charge is 0.381 e. The van der Waals surface area contributed by atoms with E-state index in [0.717, 1.165) is 43.0 Å². The van der Waals surface area contributed by atoms with Crippen LogP contribution in [0.5, 0.6) is 0 Å². The zero-order valence-electron chi connectivity index (χ0n) is 13.5. The molecule has 4 rings (SSSR count). The summed E-state index contributed by atoms with van der Waals surface area (Å²) in [7, 11) is 0. The second-order valence-electron chi connectivity index (χ2n) is 5.90. The molecule has 7 nitrogen and oxygen atoms in total. The van der Waals surface area contributed by atoms with Crippen molar-refractivity contribution in [1.82, 2.24) is 19.9 Å². The van der Waals surface area contributed by atoms with Crippen molar-refractivity contribution >= 4 is 11.6 Å². The molecule has 0 bridgehead atoms. The summed E-state index contributed by atoms with van der Waals surface area (Å²) in [6.45, 7) is 3.57. The van der Waals surface area contributed by atoms with Crippen molar-refractivity contribution in [2.45, 2.75) is 25.8 Å². The number of anilines is 2. The number of aryl methyl sites for hydroxylation is 1. The van der Waals surface area contributed by atoms with Gasteiger partial charge in [-0.15, -0.1) is 0 Å². The fraction of sp³-hybridized carbons (Fsp3) is 0.353. The minimum Gasteiger partial charge on any atom is -0.381 e. The monoisotopic (exact) mass is 325 g/mol. The van der Waals surface area contributed by atoms with Crippen LogP contribution in [0.3, 0.4) is 0 Å². The highest BCUT2D eigenvalue weighted by atomic mass is 16.5. The van der Waals surface area contributed by atoms with Crippen molar-refractivity contribution in [3.8, 4) is 11.6 Å². The van der Waals surface area contributed by atoms with E-state index in [0.29, 0.717) is 17.9 Å². The number of benzene rings is 1. The number of nitrogens with zero attached hydrogens (tertiary/aromatic N) is 4. The van der Waals surface area contributed by atoms with Gasteiger partial charge in [0.2, 0.25) is 0 Å². The van der Waals surface area contributed by atoms with E-state index in [-0.39, 0.29) is 0 Å². The predicted molar refractivity (Wildman–Crippen MR) is 89.1 cm³/mol. The Morgan fingerprint density at radius 1 is 1.17 bits per heavy atom. The molecule has 124 valence electrons. The minimum absolute atomic E-state index is 0.371. The lowest BCUT2D eigenvalue weighted by atomic mass is 10.1. The molecule has 24 heavy (non-hydrogen) atoms. The lowest BCUT2D eigenvalue weighted by molar-refractivity contribution is 0.0663. The highest BCUT2D eigenvalue weighted by Gasteiger charge is 2.21. The van der Waals surface area contributed by atoms with E-state index in [4.69, 9.17) is 9.26 Å². The van der Waals surface area contributed by atoms with Crippen LogP contribution in [0.15, 0.2) is 41.1 Å². The second kappa shape index (κ2) is 6.45. The Labute approximate surface area is 139 Å². The molecule has 1 aromatic carbocycles. The fourth-order valence-corrected chi connectivity index (χ4v) is 2.85. The van der Waals surface area contributed by atoms with Crippen LogP contribution in [-0.2, 0) is 4.74 Å². The van der Waals surface area contributed by atoms with Crippen LogP contribution >= 0.6 is 0 Å². The molecular formula is C17H19N5O2. The van der Waals surface area contributed by atoms with E-state index in [9.17, 15) is 0 Å². The van der Waals surface area contributed by atoms with Crippen molar-refractivity contribution in [2.75, 3.05) is 18.5 Å². The molecule has 1 aliphatic rings. The Morgan fingerprint density at radius 2 is 1.96 bits per heavy atom. The van der Waals surface area contributed by atoms with Crippen LogP contribution in [-0.4, -0.2) is 33.1 Å². The maximum Gasteiger partial charge on any atom is 0.280 e. The third-order valence-electron chi connectivity index (χ3n) is 4.14. The molecule has 1 aliphatic heterocycles. The standard InChI is InChI=1S/C17H19N5O2/c1-12-11-22(14-7-9-23-10-8-14)20-15(12)16-19-17(21-24-16)18-13-5-3-2-4-6-13/h2-6,11,14H,7-10H2,1H3,(H,18,21). The van der Waals surface area contributed by atoms with Gasteiger partial charge >= 0.3 is 0 Å². The average Bonchev–Trinajstić information content (AvgIpc) is 3.23. The fourth-order valence-electron chi connectivity index (χ4n) is 2.85. The summed E-state index contributed by atoms with van der Waals surface area (Å²) in [6, 6.07) is 10.1. The highest BCUT2D eigenvalue weighted by Crippen LogP contribution is 2.26. The van der Waals surface area contributed by atoms with Crippen molar-refractivity contribution in [3.63, 3.8) is 0 Å². The van der Waals surface area contributed by atoms with Gasteiger partial charge in [-0.1, -0.05) is 18.2 Å². The molecule has 7 heteroatoms. The molecule has 1 saturated heterocycles. The van der Waals surface area contributed by atoms with Gasteiger partial charge in [0.15, 0.2) is 5.69 Å². The van der Waals surface area contributed by atoms with Crippen molar-refractivity contribution < 1.29 is 9.26 Å². The number of rotatable bonds is 4. The first-order chi connectivity index (χ1) is 11.8. The molecule has 2 aromatic heterocycles. The lowest BCUT2D eigenvalue weighted by Gasteiger charge is -2.22. The van der Waals surface area contributed by atoms with Gasteiger partial charge in [0.25, 0.3) is 11.8 Å². The number of aromatic nitrogens is 4. The van der Waals surface area contributed by atoms with E-state index < -0.39 is 0 Å². The smallest absolute Gasteiger partial charge is 0.280 e. The Hall–Kier alpha value is -2.67. The zero-order valence-corrected chi connectivity index (χ0v) is 13.5. The number of para-hydroxylation sites is 1. The third kappa shape index (κ3) is 3.03. The Bertz CT molecular complexity index is 806. The van der Waals surface area contributed by atoms with Crippen molar-refractivity contribution in [1.29, 1.82) is 0 Å². The molecule has 3 heterocycles. The summed E-state index contributed by atoms with van der Waals surface area (Å²) >= 11 is 0. The predicted octanol–water partition coefficient (Wildman–Crippen LogP) is 3.34. The average molecular weight is 325 g/mol. The lowest BCUT2D eigenvalue weighted by Crippen LogP contribution is -2.19. The summed E-state index contributed by atoms with van der Waals surface area (Å²) in [4.78, 5) is 4.41. The molecule has 0 saturated carbocycles. The Kier molecular flexibility index (Phi) is 4.00. The number of ether oxygens (including phenoxy) is 1. The molecule has 0 spiro atoms. The van der Waals surface area contributed by atoms with Gasteiger partial charge < -0.3 is 14.6 Å². The van der Waals surface area contributed by atoms with E-state index in [1.54, 1.807) is 0 Å². The first-order valence-electron chi connectivity index (χ1n) is 8.09. The SMILES string of the molecule is Cc1cn(C2CCOCC2)nc1-c1nc(Nc2ccccc2)no1. The molecule has 0 amide bonds. The summed E-state index contributed by atoms with van der Waals surface area (Å²) in [5, 5.41) is 11.8. The van der Waals surface area contributed by atoms with Crippen LogP contribution < -0.4 is 5.32 Å². The molecule has 1 N–H and O–H groups in total. The summed E-state index contributed by atoms with van der Waals surface area (Å²) in [6.07, 6.45) is 4.00. The van der Waals surface area contributed by atoms with Crippen LogP contribution in [0.25, 0.3) is 11.6 Å². The maximum atomic E-state index is 5.41. The van der Waals surface area contributed by atoms with E-state index in [1.807, 2.05) is 48.1 Å². The van der Waals surface area contributed by atoms with Gasteiger partial charge in [-0.05, 0) is 37.1 Å². The van der Waals surface area contributed by atoms with Gasteiger partial charge in [0, 0.05) is 30.7 Å². The molecule has 1 fully saturated rings. The first-order valence-corrected chi connectivity index (χ1v) is 8.09. The maximum absolute atomic E-state index is 5.41. The van der Waals surface area contributed by atoms with Crippen LogP contribution in [0.1, 0.15) is 24.4 Å². The van der Waals surface area contributed by atoms with Crippen molar-refractivity contribution in [2.24, 2.45) is 0 Å². The quantitative estimate of drug-likeness (QED) is 0.792. The van der Waals surface area contributed by atoms with E-state index >= 15 is 0 Å². The van der Waals surface area contributed by atoms with Gasteiger partial charge in [-0.2, -0.15) is 10.1 Å². The molecule has 0 atom stereocenters. The number of hydrogen-bond acceptors (Lipinski definition) is 6. The topological polar surface area (TPSA) is 78.0 Å². The molecule has 0 radical (unpaired) electrons. The zero-order chi connectivity index (χ0) is 16.4. The van der Waals surface area contributed by atoms with Crippen LogP contribution in [0.2, 0.25) is 0 Å². The molecule has 0 aliphatic carbocycles. The van der Waals surface area contributed by atoms with E-state index in [1.165, 1.54) is 0 Å². The molecule has 0 unspecified atom stereocenters. The van der Waals surface area contributed by atoms with Crippen molar-refractivity contribution in [3.05, 3.63) is 42.1 Å². The molecule has 3 aromatic rings. The summed E-state index contributed by atoms with van der Waals surface area (Å²) in [5.41, 5.74) is 2.67. The first kappa shape index (κ1) is 14.9. The van der Waals surface area contributed by atoms with E-state index in [2.05, 4.69) is 20.6 Å². The van der Waals surface area contributed by atoms with Crippen LogP contribution in [0, 0.1) is 6.92 Å². The Balaban J connectivity index is 1.55. The number of hydrogen-bond donors (Lipinski definition) is 1. The third-order valence-corrected chi connectivity index (χ3v) is 4.14. The van der Waals surface area contributed by atoms with Gasteiger partial charge in [-0.3, -0.25) is 4.68 Å². The highest BCUT2D eigenvalue weighted by molar-refractivity contribution is 5.57. The van der Waals surface area contributed by atoms with Gasteiger partial charge in [0.1, 0.15) is 0 Å². The summed E-state index contributed by atoms with van der Waals surface area (Å²) < 4.78 is 12.8. The second-order valence-corrected chi connectivity index (χ2v) is 5.90.